The van der Waals surface area contributed by atoms with Crippen molar-refractivity contribution >= 4 is 21.9 Å². The highest BCUT2D eigenvalue weighted by molar-refractivity contribution is 9.10. The molecule has 1 fully saturated rings. The number of aryl methyl sites for hydroxylation is 1. The molecule has 0 atom stereocenters. The maximum Gasteiger partial charge on any atom is 0.315 e. The molecule has 1 N–H and O–H groups in total. The van der Waals surface area contributed by atoms with E-state index in [1.165, 1.54) is 5.56 Å². The van der Waals surface area contributed by atoms with Crippen LogP contribution in [0.25, 0.3) is 5.69 Å². The van der Waals surface area contributed by atoms with E-state index in [1.54, 1.807) is 4.68 Å². The van der Waals surface area contributed by atoms with Crippen molar-refractivity contribution in [2.24, 2.45) is 0 Å². The van der Waals surface area contributed by atoms with Crippen molar-refractivity contribution in [1.29, 1.82) is 0 Å². The Morgan fingerprint density at radius 3 is 2.55 bits per heavy atom. The van der Waals surface area contributed by atoms with Gasteiger partial charge in [0.15, 0.2) is 0 Å². The van der Waals surface area contributed by atoms with Crippen LogP contribution in [0.15, 0.2) is 34.9 Å². The Labute approximate surface area is 125 Å². The summed E-state index contributed by atoms with van der Waals surface area (Å²) in [5.74, 6) is -0.787. The lowest BCUT2D eigenvalue weighted by Crippen LogP contribution is -2.20. The monoisotopic (exact) mass is 334 g/mol. The second-order valence-corrected chi connectivity index (χ2v) is 6.03. The van der Waals surface area contributed by atoms with Crippen LogP contribution in [0.1, 0.15) is 31.0 Å². The molecule has 0 saturated heterocycles. The molecule has 1 aliphatic rings. The summed E-state index contributed by atoms with van der Waals surface area (Å²) in [4.78, 5) is 11.4. The van der Waals surface area contributed by atoms with Crippen LogP contribution in [0.3, 0.4) is 0 Å². The van der Waals surface area contributed by atoms with Gasteiger partial charge in [-0.3, -0.25) is 4.79 Å². The summed E-state index contributed by atoms with van der Waals surface area (Å²) in [5, 5.41) is 13.8. The SMILES string of the molecule is CCc1ccc(-n2cc(Br)c(C3(C(=O)O)CC3)n2)cc1. The number of carboxylic acid groups (broad SMARTS) is 1. The molecule has 0 spiro atoms. The summed E-state index contributed by atoms with van der Waals surface area (Å²) in [7, 11) is 0. The molecule has 3 rings (SSSR count). The average molecular weight is 335 g/mol. The first kappa shape index (κ1) is 13.4. The fourth-order valence-corrected chi connectivity index (χ4v) is 3.02. The van der Waals surface area contributed by atoms with Crippen LogP contribution in [-0.4, -0.2) is 20.9 Å². The van der Waals surface area contributed by atoms with Crippen LogP contribution in [0.2, 0.25) is 0 Å². The molecule has 104 valence electrons. The van der Waals surface area contributed by atoms with Crippen molar-refractivity contribution in [2.45, 2.75) is 31.6 Å². The second kappa shape index (κ2) is 4.74. The van der Waals surface area contributed by atoms with E-state index in [4.69, 9.17) is 0 Å². The molecule has 1 heterocycles. The topological polar surface area (TPSA) is 55.1 Å². The van der Waals surface area contributed by atoms with Gasteiger partial charge < -0.3 is 5.11 Å². The van der Waals surface area contributed by atoms with Crippen molar-refractivity contribution in [2.75, 3.05) is 0 Å². The Balaban J connectivity index is 1.98. The third kappa shape index (κ3) is 2.06. The molecule has 1 aromatic carbocycles. The van der Waals surface area contributed by atoms with Crippen LogP contribution in [0, 0.1) is 0 Å². The minimum absolute atomic E-state index is 0.629. The highest BCUT2D eigenvalue weighted by atomic mass is 79.9. The van der Waals surface area contributed by atoms with E-state index in [2.05, 4.69) is 40.1 Å². The quantitative estimate of drug-likeness (QED) is 0.933. The van der Waals surface area contributed by atoms with Gasteiger partial charge in [0.25, 0.3) is 0 Å². The largest absolute Gasteiger partial charge is 0.481 e. The molecule has 0 unspecified atom stereocenters. The number of hydrogen-bond donors (Lipinski definition) is 1. The molecule has 5 heteroatoms. The van der Waals surface area contributed by atoms with E-state index in [0.717, 1.165) is 16.6 Å². The van der Waals surface area contributed by atoms with Gasteiger partial charge in [-0.1, -0.05) is 19.1 Å². The summed E-state index contributed by atoms with van der Waals surface area (Å²) >= 11 is 3.44. The number of carbonyl (C=O) groups is 1. The van der Waals surface area contributed by atoms with E-state index in [9.17, 15) is 9.90 Å². The van der Waals surface area contributed by atoms with Crippen molar-refractivity contribution < 1.29 is 9.90 Å². The summed E-state index contributed by atoms with van der Waals surface area (Å²) in [6.45, 7) is 2.11. The fraction of sp³-hybridized carbons (Fsp3) is 0.333. The number of hydrogen-bond acceptors (Lipinski definition) is 2. The van der Waals surface area contributed by atoms with Gasteiger partial charge >= 0.3 is 5.97 Å². The summed E-state index contributed by atoms with van der Waals surface area (Å²) < 4.78 is 2.50. The van der Waals surface area contributed by atoms with E-state index in [0.29, 0.717) is 18.5 Å². The average Bonchev–Trinajstić information content (AvgIpc) is 3.17. The highest BCUT2D eigenvalue weighted by Crippen LogP contribution is 2.50. The predicted octanol–water partition coefficient (Wildman–Crippen LogP) is 3.31. The predicted molar refractivity (Wildman–Crippen MR) is 79.2 cm³/mol. The number of rotatable bonds is 4. The lowest BCUT2D eigenvalue weighted by Gasteiger charge is -2.06. The molecule has 0 bridgehead atoms. The minimum atomic E-state index is -0.787. The Hall–Kier alpha value is -1.62. The molecular formula is C15H15BrN2O2. The third-order valence-corrected chi connectivity index (χ3v) is 4.47. The zero-order valence-electron chi connectivity index (χ0n) is 11.1. The van der Waals surface area contributed by atoms with Gasteiger partial charge in [0.2, 0.25) is 0 Å². The zero-order chi connectivity index (χ0) is 14.3. The smallest absolute Gasteiger partial charge is 0.315 e. The van der Waals surface area contributed by atoms with Gasteiger partial charge in [0.1, 0.15) is 5.41 Å². The molecule has 0 radical (unpaired) electrons. The number of halogens is 1. The lowest BCUT2D eigenvalue weighted by atomic mass is 10.0. The molecule has 1 saturated carbocycles. The molecular weight excluding hydrogens is 320 g/mol. The number of aliphatic carboxylic acids is 1. The zero-order valence-corrected chi connectivity index (χ0v) is 12.7. The maximum atomic E-state index is 11.4. The molecule has 2 aromatic rings. The molecule has 1 aliphatic carbocycles. The van der Waals surface area contributed by atoms with E-state index < -0.39 is 11.4 Å². The summed E-state index contributed by atoms with van der Waals surface area (Å²) in [6.07, 6.45) is 4.15. The van der Waals surface area contributed by atoms with E-state index in [-0.39, 0.29) is 0 Å². The molecule has 1 aromatic heterocycles. The molecule has 0 aliphatic heterocycles. The van der Waals surface area contributed by atoms with Gasteiger partial charge in [-0.15, -0.1) is 0 Å². The first-order valence-corrected chi connectivity index (χ1v) is 7.44. The fourth-order valence-electron chi connectivity index (χ4n) is 2.37. The Kier molecular flexibility index (Phi) is 3.17. The standard InChI is InChI=1S/C15H15BrN2O2/c1-2-10-3-5-11(6-4-10)18-9-12(16)13(17-18)15(7-8-15)14(19)20/h3-6,9H,2,7-8H2,1H3,(H,19,20). The van der Waals surface area contributed by atoms with Crippen LogP contribution < -0.4 is 0 Å². The minimum Gasteiger partial charge on any atom is -0.481 e. The van der Waals surface area contributed by atoms with Crippen molar-refractivity contribution in [3.63, 3.8) is 0 Å². The van der Waals surface area contributed by atoms with Gasteiger partial charge in [-0.25, -0.2) is 4.68 Å². The Morgan fingerprint density at radius 2 is 2.05 bits per heavy atom. The van der Waals surface area contributed by atoms with E-state index >= 15 is 0 Å². The van der Waals surface area contributed by atoms with Gasteiger partial charge in [0.05, 0.1) is 15.9 Å². The molecule has 20 heavy (non-hydrogen) atoms. The third-order valence-electron chi connectivity index (χ3n) is 3.89. The first-order valence-electron chi connectivity index (χ1n) is 6.65. The van der Waals surface area contributed by atoms with Crippen molar-refractivity contribution in [1.82, 2.24) is 9.78 Å². The van der Waals surface area contributed by atoms with Crippen LogP contribution >= 0.6 is 15.9 Å². The first-order chi connectivity index (χ1) is 9.56. The summed E-state index contributed by atoms with van der Waals surface area (Å²) in [6, 6.07) is 8.13. The highest BCUT2D eigenvalue weighted by Gasteiger charge is 2.54. The maximum absolute atomic E-state index is 11.4. The lowest BCUT2D eigenvalue weighted by molar-refractivity contribution is -0.140. The van der Waals surface area contributed by atoms with E-state index in [1.807, 2.05) is 18.3 Å². The van der Waals surface area contributed by atoms with Crippen LogP contribution in [0.4, 0.5) is 0 Å². The Morgan fingerprint density at radius 1 is 1.40 bits per heavy atom. The molecule has 4 nitrogen and oxygen atoms in total. The normalized spacial score (nSPS) is 16.1. The number of carboxylic acids is 1. The van der Waals surface area contributed by atoms with Crippen LogP contribution in [-0.2, 0) is 16.6 Å². The van der Waals surface area contributed by atoms with Crippen molar-refractivity contribution in [3.05, 3.63) is 46.2 Å². The van der Waals surface area contributed by atoms with Gasteiger partial charge in [-0.2, -0.15) is 5.10 Å². The van der Waals surface area contributed by atoms with Gasteiger partial charge in [-0.05, 0) is 52.9 Å². The Bertz CT molecular complexity index is 657. The van der Waals surface area contributed by atoms with Crippen molar-refractivity contribution in [3.8, 4) is 5.69 Å². The second-order valence-electron chi connectivity index (χ2n) is 5.18. The molecule has 0 amide bonds. The number of aromatic nitrogens is 2. The number of nitrogens with zero attached hydrogens (tertiary/aromatic N) is 2. The number of benzene rings is 1. The summed E-state index contributed by atoms with van der Waals surface area (Å²) in [5.41, 5.74) is 2.05. The van der Waals surface area contributed by atoms with Crippen LogP contribution in [0.5, 0.6) is 0 Å². The van der Waals surface area contributed by atoms with Gasteiger partial charge in [0, 0.05) is 6.20 Å².